The van der Waals surface area contributed by atoms with Gasteiger partial charge in [0.1, 0.15) is 11.6 Å². The van der Waals surface area contributed by atoms with Gasteiger partial charge in [0.2, 0.25) is 5.82 Å². The summed E-state index contributed by atoms with van der Waals surface area (Å²) in [6.45, 7) is 2.85. The fraction of sp³-hybridized carbons (Fsp3) is 0.692. The van der Waals surface area contributed by atoms with Crippen molar-refractivity contribution in [2.45, 2.75) is 32.4 Å². The first-order valence-corrected chi connectivity index (χ1v) is 6.76. The van der Waals surface area contributed by atoms with Gasteiger partial charge in [-0.3, -0.25) is 0 Å². The molecule has 0 aliphatic heterocycles. The van der Waals surface area contributed by atoms with Crippen molar-refractivity contribution in [3.63, 3.8) is 0 Å². The highest BCUT2D eigenvalue weighted by atomic mass is 19.4. The molecule has 20 heavy (non-hydrogen) atoms. The van der Waals surface area contributed by atoms with Gasteiger partial charge < -0.3 is 10.6 Å². The fourth-order valence-corrected chi connectivity index (χ4v) is 2.55. The number of nitrogens with one attached hydrogen (secondary N) is 2. The van der Waals surface area contributed by atoms with Gasteiger partial charge in [0, 0.05) is 19.7 Å². The first-order chi connectivity index (χ1) is 9.38. The molecular weight excluding hydrogens is 269 g/mol. The van der Waals surface area contributed by atoms with E-state index in [0.29, 0.717) is 18.4 Å². The maximum Gasteiger partial charge on any atom is 0.451 e. The van der Waals surface area contributed by atoms with Crippen molar-refractivity contribution in [2.75, 3.05) is 24.2 Å². The van der Waals surface area contributed by atoms with Gasteiger partial charge >= 0.3 is 6.18 Å². The van der Waals surface area contributed by atoms with E-state index in [9.17, 15) is 13.2 Å². The second-order valence-corrected chi connectivity index (χ2v) is 5.37. The lowest BCUT2D eigenvalue weighted by Crippen LogP contribution is -2.17. The summed E-state index contributed by atoms with van der Waals surface area (Å²) in [5.41, 5.74) is 0. The van der Waals surface area contributed by atoms with Gasteiger partial charge in [-0.05, 0) is 24.7 Å². The number of anilines is 2. The molecule has 2 N–H and O–H groups in total. The summed E-state index contributed by atoms with van der Waals surface area (Å²) < 4.78 is 38.1. The van der Waals surface area contributed by atoms with Crippen LogP contribution in [0.2, 0.25) is 0 Å². The Hall–Kier alpha value is -1.53. The molecule has 0 saturated heterocycles. The highest BCUT2D eigenvalue weighted by Gasteiger charge is 2.35. The molecule has 1 aromatic rings. The van der Waals surface area contributed by atoms with E-state index in [4.69, 9.17) is 0 Å². The van der Waals surface area contributed by atoms with Gasteiger partial charge in [-0.15, -0.1) is 0 Å². The van der Waals surface area contributed by atoms with E-state index in [1.165, 1.54) is 19.5 Å². The normalized spacial score (nSPS) is 22.9. The number of nitrogens with zero attached hydrogens (tertiary/aromatic N) is 2. The quantitative estimate of drug-likeness (QED) is 0.891. The lowest BCUT2D eigenvalue weighted by atomic mass is 10.1. The minimum atomic E-state index is -4.54. The maximum absolute atomic E-state index is 12.7. The third-order valence-corrected chi connectivity index (χ3v) is 3.61. The van der Waals surface area contributed by atoms with Gasteiger partial charge in [0.15, 0.2) is 0 Å². The van der Waals surface area contributed by atoms with Gasteiger partial charge in [0.05, 0.1) is 0 Å². The third-order valence-electron chi connectivity index (χ3n) is 3.61. The van der Waals surface area contributed by atoms with Gasteiger partial charge in [-0.25, -0.2) is 9.97 Å². The van der Waals surface area contributed by atoms with Crippen LogP contribution in [0.25, 0.3) is 0 Å². The van der Waals surface area contributed by atoms with Gasteiger partial charge in [-0.1, -0.05) is 13.3 Å². The molecule has 0 spiro atoms. The van der Waals surface area contributed by atoms with Crippen molar-refractivity contribution in [3.8, 4) is 0 Å². The predicted octanol–water partition coefficient (Wildman–Crippen LogP) is 3.39. The number of hydrogen-bond acceptors (Lipinski definition) is 4. The molecule has 0 amide bonds. The molecule has 1 aliphatic carbocycles. The summed E-state index contributed by atoms with van der Waals surface area (Å²) in [6.07, 6.45) is -1.12. The first kappa shape index (κ1) is 14.9. The molecule has 1 aliphatic rings. The fourth-order valence-electron chi connectivity index (χ4n) is 2.55. The van der Waals surface area contributed by atoms with Crippen molar-refractivity contribution in [1.29, 1.82) is 0 Å². The van der Waals surface area contributed by atoms with E-state index < -0.39 is 12.0 Å². The molecule has 1 saturated carbocycles. The molecule has 1 fully saturated rings. The smallest absolute Gasteiger partial charge is 0.373 e. The summed E-state index contributed by atoms with van der Waals surface area (Å²) in [7, 11) is 1.53. The van der Waals surface area contributed by atoms with Crippen LogP contribution in [0.1, 0.15) is 32.0 Å². The van der Waals surface area contributed by atoms with Crippen LogP contribution in [0.15, 0.2) is 6.07 Å². The average Bonchev–Trinajstić information content (AvgIpc) is 2.81. The lowest BCUT2D eigenvalue weighted by molar-refractivity contribution is -0.144. The zero-order valence-corrected chi connectivity index (χ0v) is 11.6. The predicted molar refractivity (Wildman–Crippen MR) is 71.6 cm³/mol. The highest BCUT2D eigenvalue weighted by molar-refractivity contribution is 5.47. The molecule has 1 heterocycles. The third kappa shape index (κ3) is 3.74. The minimum Gasteiger partial charge on any atom is -0.373 e. The first-order valence-electron chi connectivity index (χ1n) is 6.76. The van der Waals surface area contributed by atoms with Crippen molar-refractivity contribution in [2.24, 2.45) is 11.8 Å². The molecule has 4 nitrogen and oxygen atoms in total. The lowest BCUT2D eigenvalue weighted by Gasteiger charge is -2.14. The van der Waals surface area contributed by atoms with Crippen molar-refractivity contribution in [1.82, 2.24) is 9.97 Å². The summed E-state index contributed by atoms with van der Waals surface area (Å²) in [5, 5.41) is 5.63. The van der Waals surface area contributed by atoms with Gasteiger partial charge in [-0.2, -0.15) is 13.2 Å². The van der Waals surface area contributed by atoms with Gasteiger partial charge in [0.25, 0.3) is 0 Å². The number of aromatic nitrogens is 2. The minimum absolute atomic E-state index is 0.162. The van der Waals surface area contributed by atoms with Crippen LogP contribution < -0.4 is 10.6 Å². The molecule has 0 aromatic carbocycles. The van der Waals surface area contributed by atoms with Crippen LogP contribution in [-0.4, -0.2) is 23.6 Å². The zero-order valence-electron chi connectivity index (χ0n) is 11.6. The summed E-state index contributed by atoms with van der Waals surface area (Å²) in [5.74, 6) is 0.468. The molecule has 0 bridgehead atoms. The maximum atomic E-state index is 12.7. The molecule has 2 atom stereocenters. The molecule has 2 unspecified atom stereocenters. The molecule has 1 aromatic heterocycles. The Balaban J connectivity index is 2.07. The Labute approximate surface area is 116 Å². The summed E-state index contributed by atoms with van der Waals surface area (Å²) >= 11 is 0. The molecule has 2 rings (SSSR count). The van der Waals surface area contributed by atoms with Crippen LogP contribution in [0.3, 0.4) is 0 Å². The van der Waals surface area contributed by atoms with Crippen LogP contribution in [0.5, 0.6) is 0 Å². The van der Waals surface area contributed by atoms with Crippen LogP contribution in [-0.2, 0) is 6.18 Å². The Kier molecular flexibility index (Phi) is 4.35. The topological polar surface area (TPSA) is 49.8 Å². The molecule has 0 radical (unpaired) electrons. The van der Waals surface area contributed by atoms with Crippen LogP contribution in [0, 0.1) is 11.8 Å². The molecule has 7 heteroatoms. The Morgan fingerprint density at radius 1 is 1.25 bits per heavy atom. The summed E-state index contributed by atoms with van der Waals surface area (Å²) in [4.78, 5) is 6.97. The van der Waals surface area contributed by atoms with Crippen molar-refractivity contribution in [3.05, 3.63) is 11.9 Å². The highest BCUT2D eigenvalue weighted by Crippen LogP contribution is 2.31. The Bertz CT molecular complexity index is 461. The van der Waals surface area contributed by atoms with Crippen molar-refractivity contribution < 1.29 is 13.2 Å². The molecule has 112 valence electrons. The Morgan fingerprint density at radius 3 is 2.50 bits per heavy atom. The van der Waals surface area contributed by atoms with Crippen LogP contribution in [0.4, 0.5) is 24.8 Å². The van der Waals surface area contributed by atoms with E-state index in [-0.39, 0.29) is 11.6 Å². The number of hydrogen-bond donors (Lipinski definition) is 2. The van der Waals surface area contributed by atoms with Crippen LogP contribution >= 0.6 is 0 Å². The average molecular weight is 288 g/mol. The monoisotopic (exact) mass is 288 g/mol. The van der Waals surface area contributed by atoms with E-state index >= 15 is 0 Å². The van der Waals surface area contributed by atoms with E-state index in [2.05, 4.69) is 27.5 Å². The number of halogens is 3. The van der Waals surface area contributed by atoms with E-state index in [0.717, 1.165) is 12.8 Å². The second kappa shape index (κ2) is 5.85. The zero-order chi connectivity index (χ0) is 14.8. The second-order valence-electron chi connectivity index (χ2n) is 5.37. The molecular formula is C13H19F3N4. The van der Waals surface area contributed by atoms with E-state index in [1.807, 2.05) is 0 Å². The largest absolute Gasteiger partial charge is 0.451 e. The number of alkyl halides is 3. The van der Waals surface area contributed by atoms with Crippen molar-refractivity contribution >= 4 is 11.6 Å². The summed E-state index contributed by atoms with van der Waals surface area (Å²) in [6, 6.07) is 1.49. The standard InChI is InChI=1S/C13H19F3N4/c1-8-3-4-9(5-8)7-18-11-6-10(17-2)19-12(20-11)13(14,15)16/h6,8-9H,3-5,7H2,1-2H3,(H2,17,18,19,20). The van der Waals surface area contributed by atoms with E-state index in [1.54, 1.807) is 0 Å². The SMILES string of the molecule is CNc1cc(NCC2CCC(C)C2)nc(C(F)(F)F)n1. The number of rotatable bonds is 4. The Morgan fingerprint density at radius 2 is 1.95 bits per heavy atom.